The van der Waals surface area contributed by atoms with Crippen molar-refractivity contribution >= 4 is 0 Å². The van der Waals surface area contributed by atoms with E-state index >= 15 is 0 Å². The van der Waals surface area contributed by atoms with Gasteiger partial charge in [-0.2, -0.15) is 5.26 Å². The summed E-state index contributed by atoms with van der Waals surface area (Å²) < 4.78 is 23.8. The van der Waals surface area contributed by atoms with E-state index in [4.69, 9.17) is 5.26 Å². The van der Waals surface area contributed by atoms with E-state index in [9.17, 15) is 8.78 Å². The Kier molecular flexibility index (Phi) is 4.06. The van der Waals surface area contributed by atoms with Crippen LogP contribution in [-0.4, -0.2) is 6.43 Å². The molecule has 1 aromatic carbocycles. The SMILES string of the molecule is N#CCc1ccc(CCC(F)F)cc1. The Morgan fingerprint density at radius 1 is 1.14 bits per heavy atom. The molecule has 74 valence electrons. The van der Waals surface area contributed by atoms with E-state index in [1.54, 1.807) is 12.1 Å². The minimum Gasteiger partial charge on any atom is -0.211 e. The molecule has 0 unspecified atom stereocenters. The summed E-state index contributed by atoms with van der Waals surface area (Å²) in [5, 5.41) is 8.42. The van der Waals surface area contributed by atoms with Gasteiger partial charge in [-0.25, -0.2) is 8.78 Å². The van der Waals surface area contributed by atoms with Gasteiger partial charge in [-0.3, -0.25) is 0 Å². The molecular weight excluding hydrogens is 184 g/mol. The predicted molar refractivity (Wildman–Crippen MR) is 50.1 cm³/mol. The molecule has 0 fully saturated rings. The number of hydrogen-bond donors (Lipinski definition) is 0. The van der Waals surface area contributed by atoms with Gasteiger partial charge in [-0.05, 0) is 17.5 Å². The van der Waals surface area contributed by atoms with Crippen molar-refractivity contribution in [2.45, 2.75) is 25.7 Å². The van der Waals surface area contributed by atoms with Crippen LogP contribution in [0.3, 0.4) is 0 Å². The van der Waals surface area contributed by atoms with Crippen LogP contribution in [0.2, 0.25) is 0 Å². The number of nitrogens with zero attached hydrogens (tertiary/aromatic N) is 1. The fourth-order valence-corrected chi connectivity index (χ4v) is 1.19. The molecule has 0 N–H and O–H groups in total. The Morgan fingerprint density at radius 2 is 1.71 bits per heavy atom. The van der Waals surface area contributed by atoms with Gasteiger partial charge in [0.2, 0.25) is 6.43 Å². The highest BCUT2D eigenvalue weighted by atomic mass is 19.3. The van der Waals surface area contributed by atoms with Crippen molar-refractivity contribution in [1.29, 1.82) is 5.26 Å². The van der Waals surface area contributed by atoms with Gasteiger partial charge >= 0.3 is 0 Å². The predicted octanol–water partition coefficient (Wildman–Crippen LogP) is 2.95. The van der Waals surface area contributed by atoms with E-state index < -0.39 is 6.43 Å². The molecule has 1 aromatic rings. The Balaban J connectivity index is 2.52. The zero-order chi connectivity index (χ0) is 10.4. The molecule has 1 rings (SSSR count). The van der Waals surface area contributed by atoms with Crippen LogP contribution in [0.5, 0.6) is 0 Å². The standard InChI is InChI=1S/C11H11F2N/c12-11(13)6-5-9-1-3-10(4-2-9)7-8-14/h1-4,11H,5-7H2. The van der Waals surface area contributed by atoms with Gasteiger partial charge in [0.25, 0.3) is 0 Å². The average molecular weight is 195 g/mol. The fraction of sp³-hybridized carbons (Fsp3) is 0.364. The van der Waals surface area contributed by atoms with Crippen molar-refractivity contribution < 1.29 is 8.78 Å². The molecule has 0 bridgehead atoms. The number of halogens is 2. The average Bonchev–Trinajstić information content (AvgIpc) is 2.17. The second-order valence-corrected chi connectivity index (χ2v) is 3.08. The lowest BCUT2D eigenvalue weighted by Crippen LogP contribution is -1.94. The van der Waals surface area contributed by atoms with Gasteiger partial charge in [0.15, 0.2) is 0 Å². The molecule has 0 saturated heterocycles. The Labute approximate surface area is 82.0 Å². The lowest BCUT2D eigenvalue weighted by molar-refractivity contribution is 0.138. The number of benzene rings is 1. The Bertz CT molecular complexity index is 311. The van der Waals surface area contributed by atoms with Gasteiger partial charge in [0.1, 0.15) is 0 Å². The van der Waals surface area contributed by atoms with Crippen LogP contribution in [0.25, 0.3) is 0 Å². The summed E-state index contributed by atoms with van der Waals surface area (Å²) in [7, 11) is 0. The largest absolute Gasteiger partial charge is 0.239 e. The van der Waals surface area contributed by atoms with E-state index in [1.165, 1.54) is 0 Å². The maximum absolute atomic E-state index is 11.9. The minimum absolute atomic E-state index is 0.0996. The van der Waals surface area contributed by atoms with Gasteiger partial charge in [-0.1, -0.05) is 24.3 Å². The molecule has 0 spiro atoms. The molecule has 0 amide bonds. The van der Waals surface area contributed by atoms with Crippen molar-refractivity contribution in [2.75, 3.05) is 0 Å². The van der Waals surface area contributed by atoms with Crippen molar-refractivity contribution in [3.8, 4) is 6.07 Å². The van der Waals surface area contributed by atoms with Gasteiger partial charge in [0.05, 0.1) is 12.5 Å². The molecule has 0 aromatic heterocycles. The third-order valence-corrected chi connectivity index (χ3v) is 1.96. The summed E-state index contributed by atoms with van der Waals surface area (Å²) in [6, 6.07) is 9.25. The molecule has 1 nitrogen and oxygen atoms in total. The Morgan fingerprint density at radius 3 is 2.21 bits per heavy atom. The van der Waals surface area contributed by atoms with Crippen LogP contribution in [0.4, 0.5) is 8.78 Å². The summed E-state index contributed by atoms with van der Waals surface area (Å²) in [4.78, 5) is 0. The first-order valence-electron chi connectivity index (χ1n) is 4.45. The number of rotatable bonds is 4. The highest BCUT2D eigenvalue weighted by Gasteiger charge is 2.02. The lowest BCUT2D eigenvalue weighted by Gasteiger charge is -2.01. The lowest BCUT2D eigenvalue weighted by atomic mass is 10.1. The van der Waals surface area contributed by atoms with E-state index in [2.05, 4.69) is 0 Å². The minimum atomic E-state index is -2.24. The quantitative estimate of drug-likeness (QED) is 0.724. The van der Waals surface area contributed by atoms with Crippen molar-refractivity contribution in [3.63, 3.8) is 0 Å². The van der Waals surface area contributed by atoms with E-state index in [-0.39, 0.29) is 6.42 Å². The van der Waals surface area contributed by atoms with Gasteiger partial charge in [-0.15, -0.1) is 0 Å². The van der Waals surface area contributed by atoms with Crippen LogP contribution in [0.1, 0.15) is 17.5 Å². The van der Waals surface area contributed by atoms with Crippen LogP contribution in [0, 0.1) is 11.3 Å². The summed E-state index contributed by atoms with van der Waals surface area (Å²) in [5.74, 6) is 0. The summed E-state index contributed by atoms with van der Waals surface area (Å²) in [6.07, 6.45) is -1.58. The van der Waals surface area contributed by atoms with E-state index in [0.717, 1.165) is 11.1 Å². The first kappa shape index (κ1) is 10.6. The zero-order valence-corrected chi connectivity index (χ0v) is 7.71. The van der Waals surface area contributed by atoms with Crippen LogP contribution in [-0.2, 0) is 12.8 Å². The topological polar surface area (TPSA) is 23.8 Å². The fourth-order valence-electron chi connectivity index (χ4n) is 1.19. The molecule has 3 heteroatoms. The smallest absolute Gasteiger partial charge is 0.211 e. The normalized spacial score (nSPS) is 10.1. The van der Waals surface area contributed by atoms with Crippen molar-refractivity contribution in [3.05, 3.63) is 35.4 Å². The number of nitriles is 1. The van der Waals surface area contributed by atoms with Crippen LogP contribution < -0.4 is 0 Å². The number of hydrogen-bond acceptors (Lipinski definition) is 1. The molecular formula is C11H11F2N. The molecule has 0 atom stereocenters. The molecule has 0 saturated carbocycles. The summed E-state index contributed by atoms with van der Waals surface area (Å²) in [5.41, 5.74) is 1.82. The number of alkyl halides is 2. The molecule has 0 aliphatic rings. The maximum atomic E-state index is 11.9. The highest BCUT2D eigenvalue weighted by molar-refractivity contribution is 5.24. The maximum Gasteiger partial charge on any atom is 0.239 e. The summed E-state index contributed by atoms with van der Waals surface area (Å²) >= 11 is 0. The van der Waals surface area contributed by atoms with Gasteiger partial charge in [0, 0.05) is 6.42 Å². The molecule has 0 radical (unpaired) electrons. The van der Waals surface area contributed by atoms with Gasteiger partial charge < -0.3 is 0 Å². The van der Waals surface area contributed by atoms with Crippen molar-refractivity contribution in [1.82, 2.24) is 0 Å². The zero-order valence-electron chi connectivity index (χ0n) is 7.71. The molecule has 0 aliphatic carbocycles. The first-order valence-corrected chi connectivity index (χ1v) is 4.45. The second-order valence-electron chi connectivity index (χ2n) is 3.08. The van der Waals surface area contributed by atoms with Crippen LogP contribution in [0.15, 0.2) is 24.3 Å². The second kappa shape index (κ2) is 5.33. The molecule has 0 heterocycles. The first-order chi connectivity index (χ1) is 6.72. The number of aryl methyl sites for hydroxylation is 1. The van der Waals surface area contributed by atoms with E-state index in [0.29, 0.717) is 12.8 Å². The molecule has 0 aliphatic heterocycles. The summed E-state index contributed by atoms with van der Waals surface area (Å²) in [6.45, 7) is 0. The highest BCUT2D eigenvalue weighted by Crippen LogP contribution is 2.10. The third-order valence-electron chi connectivity index (χ3n) is 1.96. The monoisotopic (exact) mass is 195 g/mol. The van der Waals surface area contributed by atoms with Crippen molar-refractivity contribution in [2.24, 2.45) is 0 Å². The van der Waals surface area contributed by atoms with E-state index in [1.807, 2.05) is 18.2 Å². The third kappa shape index (κ3) is 3.53. The Hall–Kier alpha value is -1.43. The van der Waals surface area contributed by atoms with Crippen LogP contribution >= 0.6 is 0 Å². The molecule has 14 heavy (non-hydrogen) atoms.